The summed E-state index contributed by atoms with van der Waals surface area (Å²) in [5, 5.41) is 2.42. The van der Waals surface area contributed by atoms with E-state index in [1.165, 1.54) is 68.0 Å². The fourth-order valence-corrected chi connectivity index (χ4v) is 6.78. The normalized spacial score (nSPS) is 10.4. The fourth-order valence-electron chi connectivity index (χ4n) is 6.78. The van der Waals surface area contributed by atoms with Crippen LogP contribution in [0.5, 0.6) is 5.75 Å². The Kier molecular flexibility index (Phi) is 19.2. The molecule has 0 fully saturated rings. The zero-order valence-corrected chi connectivity index (χ0v) is 36.5. The van der Waals surface area contributed by atoms with Crippen molar-refractivity contribution < 1.29 is 24.2 Å². The van der Waals surface area contributed by atoms with Crippen molar-refractivity contribution in [3.63, 3.8) is 0 Å². The van der Waals surface area contributed by atoms with E-state index in [9.17, 15) is 0 Å². The fraction of sp³-hybridized carbons (Fsp3) is 0.255. The Morgan fingerprint density at radius 1 is 0.433 bits per heavy atom. The van der Waals surface area contributed by atoms with Crippen LogP contribution in [-0.4, -0.2) is 50.6 Å². The molecule has 2 aromatic carbocycles. The quantitative estimate of drug-likeness (QED) is 0.0538. The van der Waals surface area contributed by atoms with Crippen molar-refractivity contribution in [2.75, 3.05) is 25.6 Å². The molecule has 60 heavy (non-hydrogen) atoms. The van der Waals surface area contributed by atoms with Gasteiger partial charge in [-0.25, -0.2) is 0 Å². The molecule has 0 N–H and O–H groups in total. The van der Waals surface area contributed by atoms with Crippen LogP contribution in [0.2, 0.25) is 0 Å². The van der Waals surface area contributed by atoms with Gasteiger partial charge in [0, 0.05) is 93.3 Å². The molecule has 0 saturated carbocycles. The third-order valence-corrected chi connectivity index (χ3v) is 9.95. The molecule has 0 aliphatic rings. The number of pyridine rings is 6. The molecule has 6 heterocycles. The van der Waals surface area contributed by atoms with E-state index in [1.54, 1.807) is 24.8 Å². The van der Waals surface area contributed by atoms with Crippen LogP contribution in [0.3, 0.4) is 0 Å². The maximum Gasteiger partial charge on any atom is 0.121 e. The number of hydrogen-bond acceptors (Lipinski definition) is 8. The Labute approximate surface area is 368 Å². The zero-order chi connectivity index (χ0) is 40.7. The second kappa shape index (κ2) is 25.5. The summed E-state index contributed by atoms with van der Waals surface area (Å²) >= 11 is 0. The number of benzene rings is 2. The molecule has 308 valence electrons. The molecule has 0 aliphatic carbocycles. The van der Waals surface area contributed by atoms with Gasteiger partial charge >= 0.3 is 0 Å². The molecule has 0 saturated heterocycles. The Balaban J connectivity index is 0.000000220. The van der Waals surface area contributed by atoms with Gasteiger partial charge in [0.25, 0.3) is 0 Å². The van der Waals surface area contributed by atoms with Gasteiger partial charge in [0.15, 0.2) is 0 Å². The second-order valence-corrected chi connectivity index (χ2v) is 14.5. The monoisotopic (exact) mass is 883 g/mol. The predicted octanol–water partition coefficient (Wildman–Crippen LogP) is 12.3. The third kappa shape index (κ3) is 14.4. The van der Waals surface area contributed by atoms with Gasteiger partial charge in [-0.05, 0) is 97.6 Å². The van der Waals surface area contributed by atoms with Gasteiger partial charge < -0.3 is 9.64 Å². The Hall–Kier alpha value is -5.92. The number of unbranched alkanes of at least 4 members (excludes halogenated alkanes) is 8. The molecule has 0 unspecified atom stereocenters. The topological polar surface area (TPSA) is 89.8 Å². The molecular weight excluding hydrogens is 828 g/mol. The number of fused-ring (bicyclic) bond motifs is 3. The van der Waals surface area contributed by atoms with Crippen LogP contribution in [0, 0.1) is 0 Å². The summed E-state index contributed by atoms with van der Waals surface area (Å²) in [5.74, 6) is 0.973. The Morgan fingerprint density at radius 3 is 1.48 bits per heavy atom. The van der Waals surface area contributed by atoms with Crippen LogP contribution in [-0.2, 0) is 25.9 Å². The predicted molar refractivity (Wildman–Crippen MR) is 244 cm³/mol. The van der Waals surface area contributed by atoms with Crippen molar-refractivity contribution in [2.45, 2.75) is 64.2 Å². The summed E-state index contributed by atoms with van der Waals surface area (Å²) in [6.07, 6.45) is 23.6. The van der Waals surface area contributed by atoms with E-state index in [1.807, 2.05) is 97.3 Å². The number of aryl methyl sites for hydroxylation is 1. The van der Waals surface area contributed by atoms with Crippen molar-refractivity contribution in [3.8, 4) is 28.5 Å². The first-order valence-corrected chi connectivity index (χ1v) is 20.8. The number of ether oxygens (including phenoxy) is 1. The maximum atomic E-state index is 5.92. The molecule has 9 heteroatoms. The smallest absolute Gasteiger partial charge is 0.121 e. The Morgan fingerprint density at radius 2 is 0.950 bits per heavy atom. The minimum atomic E-state index is 0. The average Bonchev–Trinajstić information content (AvgIpc) is 3.31. The molecule has 6 aromatic heterocycles. The molecule has 8 aromatic rings. The number of aromatic nitrogens is 6. The number of anilines is 1. The third-order valence-electron chi connectivity index (χ3n) is 9.95. The van der Waals surface area contributed by atoms with Gasteiger partial charge in [0.05, 0.1) is 40.4 Å². The SMILES string of the molecule is CN(C)c1cccc(OCCCCCCCCCCCc2ccnc3c2ccc2cccnc23)c1.[Ru].c1ccc(-c2ccccn2)nc1.c1ccc(-c2ccccn2)nc1. The standard InChI is InChI=1S/C31H39N3O.2C10H8N2.Ru/c1-34(2)27-16-12-17-28(24-27)35-23-11-9-7-5-3-4-6-8-10-14-25-20-22-33-31-29(25)19-18-26-15-13-21-32-30(26)31;2*1-3-7-11-9(5-1)10-6-2-4-8-12-10;/h12-13,15-22,24H,3-11,14,23H2,1-2H3;2*1-8H;. The Bertz CT molecular complexity index is 2240. The second-order valence-electron chi connectivity index (χ2n) is 14.5. The molecule has 8 rings (SSSR count). The van der Waals surface area contributed by atoms with Crippen molar-refractivity contribution in [1.29, 1.82) is 0 Å². The minimum absolute atomic E-state index is 0. The summed E-state index contributed by atoms with van der Waals surface area (Å²) in [7, 11) is 4.11. The maximum absolute atomic E-state index is 5.92. The number of rotatable bonds is 16. The molecule has 0 bridgehead atoms. The summed E-state index contributed by atoms with van der Waals surface area (Å²) < 4.78 is 5.92. The van der Waals surface area contributed by atoms with Gasteiger partial charge in [0.1, 0.15) is 5.75 Å². The van der Waals surface area contributed by atoms with E-state index in [-0.39, 0.29) is 19.5 Å². The van der Waals surface area contributed by atoms with Gasteiger partial charge in [0.2, 0.25) is 0 Å². The average molecular weight is 883 g/mol. The first kappa shape index (κ1) is 45.2. The van der Waals surface area contributed by atoms with Gasteiger partial charge in [-0.15, -0.1) is 0 Å². The molecule has 0 amide bonds. The van der Waals surface area contributed by atoms with Crippen molar-refractivity contribution in [2.24, 2.45) is 0 Å². The summed E-state index contributed by atoms with van der Waals surface area (Å²) in [5.41, 5.74) is 8.29. The summed E-state index contributed by atoms with van der Waals surface area (Å²) in [6.45, 7) is 0.812. The van der Waals surface area contributed by atoms with Crippen molar-refractivity contribution >= 4 is 27.5 Å². The van der Waals surface area contributed by atoms with Crippen LogP contribution >= 0.6 is 0 Å². The molecule has 0 atom stereocenters. The summed E-state index contributed by atoms with van der Waals surface area (Å²) in [6, 6.07) is 42.2. The zero-order valence-electron chi connectivity index (χ0n) is 34.8. The number of hydrogen-bond donors (Lipinski definition) is 0. The molecule has 0 aliphatic heterocycles. The number of nitrogens with zero attached hydrogens (tertiary/aromatic N) is 7. The van der Waals surface area contributed by atoms with Crippen molar-refractivity contribution in [1.82, 2.24) is 29.9 Å². The van der Waals surface area contributed by atoms with E-state index in [4.69, 9.17) is 4.74 Å². The van der Waals surface area contributed by atoms with Gasteiger partial charge in [-0.2, -0.15) is 0 Å². The minimum Gasteiger partial charge on any atom is -0.494 e. The van der Waals surface area contributed by atoms with Gasteiger partial charge in [-0.1, -0.05) is 93.5 Å². The van der Waals surface area contributed by atoms with Crippen LogP contribution in [0.4, 0.5) is 5.69 Å². The van der Waals surface area contributed by atoms with E-state index in [2.05, 4.69) is 91.4 Å². The van der Waals surface area contributed by atoms with Crippen LogP contribution in [0.25, 0.3) is 44.6 Å². The molecule has 8 nitrogen and oxygen atoms in total. The van der Waals surface area contributed by atoms with Crippen LogP contribution in [0.15, 0.2) is 165 Å². The van der Waals surface area contributed by atoms with Crippen LogP contribution in [0.1, 0.15) is 63.4 Å². The molecule has 0 radical (unpaired) electrons. The van der Waals surface area contributed by atoms with Crippen LogP contribution < -0.4 is 9.64 Å². The van der Waals surface area contributed by atoms with Crippen molar-refractivity contribution in [3.05, 3.63) is 170 Å². The largest absolute Gasteiger partial charge is 0.494 e. The molecule has 0 spiro atoms. The van der Waals surface area contributed by atoms with E-state index >= 15 is 0 Å². The van der Waals surface area contributed by atoms with E-state index in [0.717, 1.165) is 64.4 Å². The van der Waals surface area contributed by atoms with E-state index < -0.39 is 0 Å². The van der Waals surface area contributed by atoms with Gasteiger partial charge in [-0.3, -0.25) is 29.9 Å². The first-order chi connectivity index (χ1) is 29.2. The van der Waals surface area contributed by atoms with E-state index in [0.29, 0.717) is 0 Å². The molecular formula is C51H55N7ORu. The first-order valence-electron chi connectivity index (χ1n) is 20.8. The summed E-state index contributed by atoms with van der Waals surface area (Å²) in [4.78, 5) is 28.0.